The van der Waals surface area contributed by atoms with E-state index in [-0.39, 0.29) is 29.4 Å². The van der Waals surface area contributed by atoms with Crippen LogP contribution in [0.3, 0.4) is 0 Å². The number of rotatable bonds is 9. The van der Waals surface area contributed by atoms with Gasteiger partial charge in [-0.05, 0) is 66.5 Å². The minimum atomic E-state index is -0.681. The molecule has 3 aliphatic rings. The van der Waals surface area contributed by atoms with Gasteiger partial charge in [0.15, 0.2) is 23.0 Å². The summed E-state index contributed by atoms with van der Waals surface area (Å²) in [6.07, 6.45) is 0.819. The van der Waals surface area contributed by atoms with Crippen molar-refractivity contribution in [1.29, 1.82) is 0 Å². The van der Waals surface area contributed by atoms with Crippen LogP contribution in [0.5, 0.6) is 28.7 Å². The van der Waals surface area contributed by atoms with E-state index in [4.69, 9.17) is 37.9 Å². The third-order valence-electron chi connectivity index (χ3n) is 9.30. The van der Waals surface area contributed by atoms with Crippen molar-refractivity contribution in [3.63, 3.8) is 0 Å². The minimum absolute atomic E-state index is 0.0335. The quantitative estimate of drug-likeness (QED) is 0.394. The highest BCUT2D eigenvalue weighted by Crippen LogP contribution is 2.51. The predicted molar refractivity (Wildman–Crippen MR) is 155 cm³/mol. The Morgan fingerprint density at radius 3 is 2.02 bits per heavy atom. The maximum atomic E-state index is 13.5. The van der Waals surface area contributed by atoms with Crippen LogP contribution < -0.4 is 23.7 Å². The molecule has 0 unspecified atom stereocenters. The standard InChI is InChI=1S/C32H41NO10/c1-36-23-10-17-8-9-33-16-19-13-27(43-31(34)18-11-25(38-3)29(40-5)26(12-18)39-4)30(41-6)28(32(35)42-7)21(19)14-22(33)20(17)15-24(23)37-2/h10-12,15,19,21-22,27-28,30H,8-9,13-14,16H2,1-7H3/t19-,21+,22+,27-,28+,30-/m1/s1. The fourth-order valence-electron chi connectivity index (χ4n) is 7.32. The summed E-state index contributed by atoms with van der Waals surface area (Å²) < 4.78 is 44.7. The van der Waals surface area contributed by atoms with Crippen LogP contribution in [0, 0.1) is 17.8 Å². The highest BCUT2D eigenvalue weighted by atomic mass is 16.6. The molecule has 2 heterocycles. The van der Waals surface area contributed by atoms with Crippen LogP contribution in [-0.4, -0.2) is 91.9 Å². The van der Waals surface area contributed by atoms with Crippen LogP contribution in [0.2, 0.25) is 0 Å². The normalized spacial score (nSPS) is 26.2. The fraction of sp³-hybridized carbons (Fsp3) is 0.562. The number of carbonyl (C=O) groups is 2. The van der Waals surface area contributed by atoms with E-state index in [2.05, 4.69) is 17.0 Å². The van der Waals surface area contributed by atoms with E-state index in [1.165, 1.54) is 39.6 Å². The number of fused-ring (bicyclic) bond motifs is 4. The number of hydrogen-bond donors (Lipinski definition) is 0. The van der Waals surface area contributed by atoms with Gasteiger partial charge in [0.05, 0.1) is 54.1 Å². The number of hydrogen-bond acceptors (Lipinski definition) is 11. The molecular formula is C32H41NO10. The molecule has 2 fully saturated rings. The Morgan fingerprint density at radius 1 is 0.791 bits per heavy atom. The molecule has 2 aromatic carbocycles. The van der Waals surface area contributed by atoms with Crippen LogP contribution in [0.15, 0.2) is 24.3 Å². The van der Waals surface area contributed by atoms with Crippen LogP contribution in [0.25, 0.3) is 0 Å². The topological polar surface area (TPSA) is 111 Å². The molecule has 0 N–H and O–H groups in total. The average molecular weight is 600 g/mol. The van der Waals surface area contributed by atoms with Crippen LogP contribution in [0.1, 0.15) is 40.4 Å². The number of carbonyl (C=O) groups excluding carboxylic acids is 2. The third kappa shape index (κ3) is 5.56. The Morgan fingerprint density at radius 2 is 1.44 bits per heavy atom. The van der Waals surface area contributed by atoms with Gasteiger partial charge >= 0.3 is 11.9 Å². The maximum absolute atomic E-state index is 13.5. The molecule has 0 aromatic heterocycles. The van der Waals surface area contributed by atoms with E-state index in [0.717, 1.165) is 25.9 Å². The first kappa shape index (κ1) is 30.7. The summed E-state index contributed by atoms with van der Waals surface area (Å²) in [5, 5.41) is 0. The van der Waals surface area contributed by atoms with E-state index in [0.29, 0.717) is 35.2 Å². The highest BCUT2D eigenvalue weighted by molar-refractivity contribution is 5.91. The molecule has 11 heteroatoms. The number of ether oxygens (including phenoxy) is 8. The number of methoxy groups -OCH3 is 7. The second kappa shape index (κ2) is 12.9. The van der Waals surface area contributed by atoms with Gasteiger partial charge in [-0.2, -0.15) is 0 Å². The zero-order valence-corrected chi connectivity index (χ0v) is 25.8. The Kier molecular flexibility index (Phi) is 9.22. The second-order valence-electron chi connectivity index (χ2n) is 11.2. The fourth-order valence-corrected chi connectivity index (χ4v) is 7.32. The number of esters is 2. The predicted octanol–water partition coefficient (Wildman–Crippen LogP) is 3.70. The lowest BCUT2D eigenvalue weighted by Crippen LogP contribution is -2.58. The molecule has 11 nitrogen and oxygen atoms in total. The van der Waals surface area contributed by atoms with E-state index in [9.17, 15) is 9.59 Å². The zero-order chi connectivity index (χ0) is 30.8. The van der Waals surface area contributed by atoms with Crippen molar-refractivity contribution >= 4 is 11.9 Å². The molecule has 2 aromatic rings. The van der Waals surface area contributed by atoms with Crippen molar-refractivity contribution in [2.24, 2.45) is 17.8 Å². The lowest BCUT2D eigenvalue weighted by molar-refractivity contribution is -0.176. The van der Waals surface area contributed by atoms with Gasteiger partial charge in [0.2, 0.25) is 5.75 Å². The highest BCUT2D eigenvalue weighted by Gasteiger charge is 2.54. The number of piperidine rings is 1. The Labute approximate surface area is 252 Å². The van der Waals surface area contributed by atoms with E-state index < -0.39 is 24.1 Å². The van der Waals surface area contributed by atoms with Gasteiger partial charge in [-0.3, -0.25) is 9.69 Å². The summed E-state index contributed by atoms with van der Waals surface area (Å²) >= 11 is 0. The first-order valence-electron chi connectivity index (χ1n) is 14.4. The summed E-state index contributed by atoms with van der Waals surface area (Å²) in [7, 11) is 10.7. The lowest BCUT2D eigenvalue weighted by Gasteiger charge is -2.53. The minimum Gasteiger partial charge on any atom is -0.493 e. The first-order chi connectivity index (χ1) is 20.8. The lowest BCUT2D eigenvalue weighted by atomic mass is 9.63. The molecule has 1 aliphatic carbocycles. The molecule has 0 amide bonds. The largest absolute Gasteiger partial charge is 0.493 e. The van der Waals surface area contributed by atoms with Crippen molar-refractivity contribution in [3.05, 3.63) is 41.0 Å². The van der Waals surface area contributed by atoms with E-state index >= 15 is 0 Å². The third-order valence-corrected chi connectivity index (χ3v) is 9.30. The van der Waals surface area contributed by atoms with Crippen LogP contribution >= 0.6 is 0 Å². The zero-order valence-electron chi connectivity index (χ0n) is 25.8. The average Bonchev–Trinajstić information content (AvgIpc) is 3.04. The molecule has 234 valence electrons. The van der Waals surface area contributed by atoms with Gasteiger partial charge in [0.1, 0.15) is 12.2 Å². The first-order valence-corrected chi connectivity index (χ1v) is 14.4. The Balaban J connectivity index is 1.44. The van der Waals surface area contributed by atoms with Crippen molar-refractivity contribution in [2.45, 2.75) is 37.5 Å². The number of benzene rings is 2. The van der Waals surface area contributed by atoms with Gasteiger partial charge in [-0.1, -0.05) is 0 Å². The van der Waals surface area contributed by atoms with Crippen molar-refractivity contribution < 1.29 is 47.5 Å². The molecule has 6 atom stereocenters. The molecular weight excluding hydrogens is 558 g/mol. The van der Waals surface area contributed by atoms with Crippen LogP contribution in [-0.2, 0) is 25.4 Å². The molecule has 1 saturated carbocycles. The Hall–Kier alpha value is -3.70. The summed E-state index contributed by atoms with van der Waals surface area (Å²) in [6.45, 7) is 1.63. The van der Waals surface area contributed by atoms with Crippen molar-refractivity contribution in [2.75, 3.05) is 62.9 Å². The van der Waals surface area contributed by atoms with E-state index in [1.54, 1.807) is 33.5 Å². The second-order valence-corrected chi connectivity index (χ2v) is 11.2. The van der Waals surface area contributed by atoms with Gasteiger partial charge in [-0.15, -0.1) is 0 Å². The van der Waals surface area contributed by atoms with Crippen molar-refractivity contribution in [1.82, 2.24) is 4.90 Å². The monoisotopic (exact) mass is 599 g/mol. The number of nitrogens with zero attached hydrogens (tertiary/aromatic N) is 1. The van der Waals surface area contributed by atoms with Gasteiger partial charge in [0, 0.05) is 26.2 Å². The summed E-state index contributed by atoms with van der Waals surface area (Å²) in [6, 6.07) is 7.33. The van der Waals surface area contributed by atoms with Gasteiger partial charge < -0.3 is 37.9 Å². The van der Waals surface area contributed by atoms with Gasteiger partial charge in [0.25, 0.3) is 0 Å². The maximum Gasteiger partial charge on any atom is 0.338 e. The summed E-state index contributed by atoms with van der Waals surface area (Å²) in [4.78, 5) is 29.4. The van der Waals surface area contributed by atoms with E-state index in [1.807, 2.05) is 0 Å². The molecule has 0 radical (unpaired) electrons. The SMILES string of the molecule is COC(=O)[C@H]1[C@H]2C[C@H]3c4cc(OC)c(OC)cc4CCN3C[C@H]2C[C@@H](OC(=O)c2cc(OC)c(OC)c(OC)c2)[C@H]1OC. The summed E-state index contributed by atoms with van der Waals surface area (Å²) in [5.41, 5.74) is 2.65. The van der Waals surface area contributed by atoms with Crippen LogP contribution in [0.4, 0.5) is 0 Å². The molecule has 0 spiro atoms. The summed E-state index contributed by atoms with van der Waals surface area (Å²) in [5.74, 6) is 0.953. The molecule has 43 heavy (non-hydrogen) atoms. The smallest absolute Gasteiger partial charge is 0.338 e. The molecule has 5 rings (SSSR count). The molecule has 0 bridgehead atoms. The van der Waals surface area contributed by atoms with Crippen molar-refractivity contribution in [3.8, 4) is 28.7 Å². The molecule has 2 aliphatic heterocycles. The van der Waals surface area contributed by atoms with Gasteiger partial charge in [-0.25, -0.2) is 4.79 Å². The molecule has 1 saturated heterocycles. The Bertz CT molecular complexity index is 1320.